The fourth-order valence-electron chi connectivity index (χ4n) is 4.85. The van der Waals surface area contributed by atoms with Crippen LogP contribution in [0.2, 0.25) is 0 Å². The number of benzene rings is 1. The maximum absolute atomic E-state index is 13.3. The Balaban J connectivity index is 1.97. The number of aromatic amines is 1. The van der Waals surface area contributed by atoms with Gasteiger partial charge in [-0.2, -0.15) is 5.10 Å². The lowest BCUT2D eigenvalue weighted by Gasteiger charge is -2.37. The Kier molecular flexibility index (Phi) is 2.65. The van der Waals surface area contributed by atoms with Gasteiger partial charge in [-0.3, -0.25) is 4.79 Å². The number of fused-ring (bicyclic) bond motifs is 5. The maximum Gasteiger partial charge on any atom is 0.264 e. The van der Waals surface area contributed by atoms with Gasteiger partial charge in [-0.05, 0) is 49.8 Å². The summed E-state index contributed by atoms with van der Waals surface area (Å²) in [4.78, 5) is 18.1. The molecule has 5 nitrogen and oxygen atoms in total. The minimum absolute atomic E-state index is 0.0522. The number of rotatable bonds is 0. The molecule has 0 bridgehead atoms. The van der Waals surface area contributed by atoms with Crippen LogP contribution in [0, 0.1) is 13.8 Å². The van der Waals surface area contributed by atoms with E-state index < -0.39 is 0 Å². The normalized spacial score (nSPS) is 18.1. The third kappa shape index (κ3) is 1.62. The van der Waals surface area contributed by atoms with Crippen LogP contribution in [0.1, 0.15) is 47.9 Å². The molecular formula is C19H20N4O. The zero-order valence-corrected chi connectivity index (χ0v) is 14.0. The van der Waals surface area contributed by atoms with Gasteiger partial charge in [0.1, 0.15) is 6.33 Å². The minimum Gasteiger partial charge on any atom is -0.268 e. The molecule has 0 aliphatic heterocycles. The molecule has 0 unspecified atom stereocenters. The molecule has 5 rings (SSSR count). The first kappa shape index (κ1) is 14.0. The van der Waals surface area contributed by atoms with Crippen molar-refractivity contribution in [1.29, 1.82) is 0 Å². The monoisotopic (exact) mass is 320 g/mol. The predicted octanol–water partition coefficient (Wildman–Crippen LogP) is 3.07. The highest BCUT2D eigenvalue weighted by molar-refractivity contribution is 5.77. The lowest BCUT2D eigenvalue weighted by atomic mass is 9.67. The fraction of sp³-hybridized carbons (Fsp3) is 0.421. The number of hydrogen-bond donors (Lipinski definition) is 1. The number of H-pyrrole nitrogens is 1. The van der Waals surface area contributed by atoms with Crippen LogP contribution in [-0.4, -0.2) is 19.6 Å². The number of nitrogens with zero attached hydrogens (tertiary/aromatic N) is 3. The number of aryl methyl sites for hydroxylation is 2. The van der Waals surface area contributed by atoms with Crippen molar-refractivity contribution in [3.63, 3.8) is 0 Å². The van der Waals surface area contributed by atoms with E-state index in [-0.39, 0.29) is 11.0 Å². The second kappa shape index (κ2) is 4.56. The summed E-state index contributed by atoms with van der Waals surface area (Å²) >= 11 is 0. The van der Waals surface area contributed by atoms with Gasteiger partial charge in [0.05, 0.1) is 11.3 Å². The minimum atomic E-state index is -0.0522. The fourth-order valence-corrected chi connectivity index (χ4v) is 4.85. The summed E-state index contributed by atoms with van der Waals surface area (Å²) in [5.41, 5.74) is 6.84. The molecule has 0 amide bonds. The van der Waals surface area contributed by atoms with Crippen LogP contribution in [0.4, 0.5) is 0 Å². The van der Waals surface area contributed by atoms with Crippen LogP contribution < -0.4 is 5.56 Å². The summed E-state index contributed by atoms with van der Waals surface area (Å²) < 4.78 is 1.56. The van der Waals surface area contributed by atoms with Crippen molar-refractivity contribution in [2.75, 3.05) is 0 Å². The van der Waals surface area contributed by atoms with Crippen LogP contribution in [0.3, 0.4) is 0 Å². The van der Waals surface area contributed by atoms with Gasteiger partial charge >= 0.3 is 0 Å². The van der Waals surface area contributed by atoms with Crippen LogP contribution in [0.15, 0.2) is 23.3 Å². The number of hydrogen-bond acceptors (Lipinski definition) is 3. The first-order valence-electron chi connectivity index (χ1n) is 8.66. The summed E-state index contributed by atoms with van der Waals surface area (Å²) in [6.07, 6.45) is 7.04. The van der Waals surface area contributed by atoms with Crippen molar-refractivity contribution in [1.82, 2.24) is 19.6 Å². The molecule has 1 fully saturated rings. The number of nitrogens with one attached hydrogen (secondary N) is 1. The van der Waals surface area contributed by atoms with Crippen molar-refractivity contribution in [2.45, 2.75) is 51.4 Å². The quantitative estimate of drug-likeness (QED) is 0.692. The maximum atomic E-state index is 13.3. The molecule has 2 aromatic heterocycles. The molecule has 2 aliphatic carbocycles. The molecule has 1 saturated carbocycles. The lowest BCUT2D eigenvalue weighted by molar-refractivity contribution is 0.425. The summed E-state index contributed by atoms with van der Waals surface area (Å²) in [5.74, 6) is 0.528. The van der Waals surface area contributed by atoms with Crippen molar-refractivity contribution in [3.05, 3.63) is 51.1 Å². The van der Waals surface area contributed by atoms with E-state index in [4.69, 9.17) is 4.98 Å². The second-order valence-corrected chi connectivity index (χ2v) is 7.41. The molecule has 5 heteroatoms. The van der Waals surface area contributed by atoms with Crippen LogP contribution in [0.25, 0.3) is 17.0 Å². The van der Waals surface area contributed by atoms with E-state index in [0.717, 1.165) is 36.1 Å². The first-order valence-corrected chi connectivity index (χ1v) is 8.66. The number of aromatic nitrogens is 4. The molecule has 1 spiro atoms. The third-order valence-corrected chi connectivity index (χ3v) is 6.05. The average Bonchev–Trinajstić information content (AvgIpc) is 3.21. The highest BCUT2D eigenvalue weighted by atomic mass is 16.1. The standard InChI is InChI=1S/C19H20N4O/c1-11-5-6-12(2)14-13(11)9-19(7-3-4-8-19)15-16(14)21-18-22-20-10-23(18)17(15)24/h5-6,10H,3-4,7-9H2,1-2H3,(H,21,22). The average molecular weight is 320 g/mol. The van der Waals surface area contributed by atoms with Gasteiger partial charge in [0, 0.05) is 11.0 Å². The van der Waals surface area contributed by atoms with Gasteiger partial charge in [0.2, 0.25) is 5.78 Å². The highest BCUT2D eigenvalue weighted by Gasteiger charge is 2.45. The van der Waals surface area contributed by atoms with E-state index in [9.17, 15) is 4.79 Å². The molecule has 3 aromatic rings. The summed E-state index contributed by atoms with van der Waals surface area (Å²) in [6.45, 7) is 4.29. The van der Waals surface area contributed by atoms with Gasteiger partial charge in [-0.1, -0.05) is 25.0 Å². The van der Waals surface area contributed by atoms with Gasteiger partial charge in [0.25, 0.3) is 5.56 Å². The van der Waals surface area contributed by atoms with Crippen LogP contribution >= 0.6 is 0 Å². The van der Waals surface area contributed by atoms with E-state index in [1.807, 2.05) is 0 Å². The largest absolute Gasteiger partial charge is 0.268 e. The Morgan fingerprint density at radius 3 is 2.71 bits per heavy atom. The summed E-state index contributed by atoms with van der Waals surface area (Å²) in [7, 11) is 0. The van der Waals surface area contributed by atoms with Gasteiger partial charge in [-0.15, -0.1) is 0 Å². The Morgan fingerprint density at radius 1 is 1.17 bits per heavy atom. The molecule has 2 heterocycles. The van der Waals surface area contributed by atoms with Crippen molar-refractivity contribution >= 4 is 5.78 Å². The summed E-state index contributed by atoms with van der Waals surface area (Å²) in [5, 5.41) is 6.88. The predicted molar refractivity (Wildman–Crippen MR) is 92.4 cm³/mol. The van der Waals surface area contributed by atoms with E-state index in [2.05, 4.69) is 36.2 Å². The molecule has 0 radical (unpaired) electrons. The second-order valence-electron chi connectivity index (χ2n) is 7.41. The van der Waals surface area contributed by atoms with Gasteiger partial charge in [0.15, 0.2) is 0 Å². The van der Waals surface area contributed by atoms with Gasteiger partial charge in [-0.25, -0.2) is 14.5 Å². The van der Waals surface area contributed by atoms with E-state index in [1.54, 1.807) is 10.7 Å². The van der Waals surface area contributed by atoms with Crippen LogP contribution in [0.5, 0.6) is 0 Å². The zero-order chi connectivity index (χ0) is 16.5. The molecule has 122 valence electrons. The molecule has 1 N–H and O–H groups in total. The van der Waals surface area contributed by atoms with E-state index in [0.29, 0.717) is 5.78 Å². The Hall–Kier alpha value is -2.43. The Labute approximate surface area is 139 Å². The molecule has 0 atom stereocenters. The lowest BCUT2D eigenvalue weighted by Crippen LogP contribution is -2.38. The zero-order valence-electron chi connectivity index (χ0n) is 14.0. The van der Waals surface area contributed by atoms with Crippen molar-refractivity contribution < 1.29 is 0 Å². The SMILES string of the molecule is Cc1ccc(C)c2c1CC1(CCCC1)c1c-2nc2[nH]ncn2c1=O. The molecule has 2 aliphatic rings. The van der Waals surface area contributed by atoms with Crippen molar-refractivity contribution in [3.8, 4) is 11.3 Å². The summed E-state index contributed by atoms with van der Waals surface area (Å²) in [6, 6.07) is 4.34. The molecule has 0 saturated heterocycles. The van der Waals surface area contributed by atoms with E-state index in [1.165, 1.54) is 29.5 Å². The van der Waals surface area contributed by atoms with E-state index >= 15 is 0 Å². The third-order valence-electron chi connectivity index (χ3n) is 6.05. The molecular weight excluding hydrogens is 300 g/mol. The highest BCUT2D eigenvalue weighted by Crippen LogP contribution is 2.51. The molecule has 24 heavy (non-hydrogen) atoms. The molecule has 1 aromatic carbocycles. The Morgan fingerprint density at radius 2 is 1.92 bits per heavy atom. The topological polar surface area (TPSA) is 63.1 Å². The smallest absolute Gasteiger partial charge is 0.264 e. The van der Waals surface area contributed by atoms with Crippen LogP contribution in [-0.2, 0) is 11.8 Å². The van der Waals surface area contributed by atoms with Gasteiger partial charge < -0.3 is 0 Å². The first-order chi connectivity index (χ1) is 11.6. The Bertz CT molecular complexity index is 1040. The van der Waals surface area contributed by atoms with Crippen molar-refractivity contribution in [2.24, 2.45) is 0 Å².